The highest BCUT2D eigenvalue weighted by molar-refractivity contribution is 6.33. The molecule has 3 rings (SSSR count). The highest BCUT2D eigenvalue weighted by Crippen LogP contribution is 2.26. The first-order valence-electron chi connectivity index (χ1n) is 6.74. The molecule has 0 aliphatic carbocycles. The summed E-state index contributed by atoms with van der Waals surface area (Å²) in [5.41, 5.74) is 1.15. The van der Waals surface area contributed by atoms with E-state index in [1.165, 1.54) is 0 Å². The summed E-state index contributed by atoms with van der Waals surface area (Å²) >= 11 is 11.9. The minimum absolute atomic E-state index is 0.124. The lowest BCUT2D eigenvalue weighted by Gasteiger charge is -2.02. The predicted octanol–water partition coefficient (Wildman–Crippen LogP) is 3.97. The monoisotopic (exact) mass is 347 g/mol. The second kappa shape index (κ2) is 6.81. The van der Waals surface area contributed by atoms with Gasteiger partial charge >= 0.3 is 0 Å². The molecule has 116 valence electrons. The van der Waals surface area contributed by atoms with Gasteiger partial charge in [-0.1, -0.05) is 35.3 Å². The lowest BCUT2D eigenvalue weighted by molar-refractivity contribution is 0.0947. The van der Waals surface area contributed by atoms with Crippen LogP contribution in [0.2, 0.25) is 10.0 Å². The second-order valence-corrected chi connectivity index (χ2v) is 5.51. The van der Waals surface area contributed by atoms with Crippen LogP contribution in [0, 0.1) is 0 Å². The molecule has 0 bridgehead atoms. The number of nitrogens with zero attached hydrogens (tertiary/aromatic N) is 2. The number of aromatic nitrogens is 2. The van der Waals surface area contributed by atoms with Crippen LogP contribution in [0.3, 0.4) is 0 Å². The van der Waals surface area contributed by atoms with E-state index in [0.29, 0.717) is 33.0 Å². The fourth-order valence-electron chi connectivity index (χ4n) is 1.93. The van der Waals surface area contributed by atoms with Gasteiger partial charge in [-0.3, -0.25) is 4.79 Å². The highest BCUT2D eigenvalue weighted by Gasteiger charge is 2.12. The van der Waals surface area contributed by atoms with Crippen molar-refractivity contribution in [1.82, 2.24) is 15.5 Å². The SMILES string of the molecule is O=C(NCc1nnc(-c2ccccc2Cl)o1)c1ccc(Cl)cc1. The fourth-order valence-corrected chi connectivity index (χ4v) is 2.27. The molecule has 0 unspecified atom stereocenters. The largest absolute Gasteiger partial charge is 0.419 e. The normalized spacial score (nSPS) is 10.5. The second-order valence-electron chi connectivity index (χ2n) is 4.67. The number of rotatable bonds is 4. The summed E-state index contributed by atoms with van der Waals surface area (Å²) in [6.45, 7) is 0.124. The summed E-state index contributed by atoms with van der Waals surface area (Å²) < 4.78 is 5.51. The Morgan fingerprint density at radius 2 is 1.78 bits per heavy atom. The van der Waals surface area contributed by atoms with E-state index in [9.17, 15) is 4.79 Å². The van der Waals surface area contributed by atoms with Crippen molar-refractivity contribution in [2.45, 2.75) is 6.54 Å². The number of hydrogen-bond acceptors (Lipinski definition) is 4. The molecule has 5 nitrogen and oxygen atoms in total. The smallest absolute Gasteiger partial charge is 0.251 e. The van der Waals surface area contributed by atoms with Crippen LogP contribution in [0.1, 0.15) is 16.2 Å². The molecule has 1 heterocycles. The van der Waals surface area contributed by atoms with Crippen molar-refractivity contribution in [1.29, 1.82) is 0 Å². The average molecular weight is 348 g/mol. The molecule has 0 aliphatic rings. The first kappa shape index (κ1) is 15.5. The summed E-state index contributed by atoms with van der Waals surface area (Å²) in [7, 11) is 0. The predicted molar refractivity (Wildman–Crippen MR) is 87.4 cm³/mol. The van der Waals surface area contributed by atoms with Gasteiger partial charge in [-0.2, -0.15) is 0 Å². The Morgan fingerprint density at radius 1 is 1.04 bits per heavy atom. The first-order valence-corrected chi connectivity index (χ1v) is 7.50. The van der Waals surface area contributed by atoms with Gasteiger partial charge in [0.2, 0.25) is 11.8 Å². The number of nitrogens with one attached hydrogen (secondary N) is 1. The zero-order chi connectivity index (χ0) is 16.2. The van der Waals surface area contributed by atoms with E-state index in [1.807, 2.05) is 12.1 Å². The van der Waals surface area contributed by atoms with Crippen LogP contribution in [-0.2, 0) is 6.54 Å². The molecule has 7 heteroatoms. The molecular weight excluding hydrogens is 337 g/mol. The molecule has 1 N–H and O–H groups in total. The van der Waals surface area contributed by atoms with Gasteiger partial charge in [0.25, 0.3) is 5.91 Å². The van der Waals surface area contributed by atoms with Crippen LogP contribution in [0.25, 0.3) is 11.5 Å². The Labute approximate surface area is 142 Å². The van der Waals surface area contributed by atoms with E-state index in [2.05, 4.69) is 15.5 Å². The third-order valence-electron chi connectivity index (χ3n) is 3.08. The molecule has 23 heavy (non-hydrogen) atoms. The van der Waals surface area contributed by atoms with Crippen LogP contribution in [0.4, 0.5) is 0 Å². The van der Waals surface area contributed by atoms with Crippen molar-refractivity contribution in [2.24, 2.45) is 0 Å². The van der Waals surface area contributed by atoms with Gasteiger partial charge in [0.05, 0.1) is 17.1 Å². The maximum Gasteiger partial charge on any atom is 0.251 e. The summed E-state index contributed by atoms with van der Waals surface area (Å²) in [5.74, 6) is 0.354. The molecule has 0 radical (unpaired) electrons. The van der Waals surface area contributed by atoms with E-state index in [0.717, 1.165) is 0 Å². The number of carbonyl (C=O) groups is 1. The summed E-state index contributed by atoms with van der Waals surface area (Å²) in [5, 5.41) is 11.6. The van der Waals surface area contributed by atoms with Gasteiger partial charge < -0.3 is 9.73 Å². The average Bonchev–Trinajstić information content (AvgIpc) is 3.02. The van der Waals surface area contributed by atoms with Gasteiger partial charge in [-0.15, -0.1) is 10.2 Å². The molecule has 3 aromatic rings. The highest BCUT2D eigenvalue weighted by atomic mass is 35.5. The Bertz CT molecular complexity index is 831. The first-order chi connectivity index (χ1) is 11.1. The number of hydrogen-bond donors (Lipinski definition) is 1. The van der Waals surface area contributed by atoms with Crippen molar-refractivity contribution in [3.8, 4) is 11.5 Å². The lowest BCUT2D eigenvalue weighted by atomic mass is 10.2. The Kier molecular flexibility index (Phi) is 4.60. The maximum absolute atomic E-state index is 12.0. The Balaban J connectivity index is 1.67. The van der Waals surface area contributed by atoms with Gasteiger partial charge in [0.15, 0.2) is 0 Å². The van der Waals surface area contributed by atoms with Crippen molar-refractivity contribution in [3.63, 3.8) is 0 Å². The molecule has 0 saturated carbocycles. The van der Waals surface area contributed by atoms with Gasteiger partial charge in [0, 0.05) is 10.6 Å². The van der Waals surface area contributed by atoms with Gasteiger partial charge in [-0.05, 0) is 36.4 Å². The summed E-state index contributed by atoms with van der Waals surface area (Å²) in [6.07, 6.45) is 0. The van der Waals surface area contributed by atoms with E-state index >= 15 is 0 Å². The topological polar surface area (TPSA) is 68.0 Å². The van der Waals surface area contributed by atoms with Crippen LogP contribution in [-0.4, -0.2) is 16.1 Å². The molecule has 0 saturated heterocycles. The van der Waals surface area contributed by atoms with Crippen LogP contribution in [0.5, 0.6) is 0 Å². The molecule has 1 aromatic heterocycles. The third kappa shape index (κ3) is 3.70. The third-order valence-corrected chi connectivity index (χ3v) is 3.66. The summed E-state index contributed by atoms with van der Waals surface area (Å²) in [6, 6.07) is 13.7. The molecule has 0 spiro atoms. The fraction of sp³-hybridized carbons (Fsp3) is 0.0625. The van der Waals surface area contributed by atoms with Gasteiger partial charge in [0.1, 0.15) is 0 Å². The Morgan fingerprint density at radius 3 is 2.52 bits per heavy atom. The molecule has 2 aromatic carbocycles. The van der Waals surface area contributed by atoms with Crippen molar-refractivity contribution < 1.29 is 9.21 Å². The number of benzene rings is 2. The molecule has 0 atom stereocenters. The minimum Gasteiger partial charge on any atom is -0.419 e. The molecule has 0 fully saturated rings. The van der Waals surface area contributed by atoms with Crippen LogP contribution >= 0.6 is 23.2 Å². The lowest BCUT2D eigenvalue weighted by Crippen LogP contribution is -2.22. The number of amides is 1. The van der Waals surface area contributed by atoms with E-state index < -0.39 is 0 Å². The summed E-state index contributed by atoms with van der Waals surface area (Å²) in [4.78, 5) is 12.0. The van der Waals surface area contributed by atoms with Crippen LogP contribution < -0.4 is 5.32 Å². The molecule has 0 aliphatic heterocycles. The van der Waals surface area contributed by atoms with Crippen LogP contribution in [0.15, 0.2) is 52.9 Å². The van der Waals surface area contributed by atoms with E-state index in [1.54, 1.807) is 36.4 Å². The van der Waals surface area contributed by atoms with E-state index in [4.69, 9.17) is 27.6 Å². The zero-order valence-electron chi connectivity index (χ0n) is 11.8. The Hall–Kier alpha value is -2.37. The quantitative estimate of drug-likeness (QED) is 0.775. The number of carbonyl (C=O) groups excluding carboxylic acids is 1. The minimum atomic E-state index is -0.251. The molecular formula is C16H11Cl2N3O2. The molecule has 1 amide bonds. The van der Waals surface area contributed by atoms with Crippen molar-refractivity contribution in [3.05, 3.63) is 70.0 Å². The van der Waals surface area contributed by atoms with E-state index in [-0.39, 0.29) is 12.5 Å². The standard InChI is InChI=1S/C16H11Cl2N3O2/c17-11-7-5-10(6-8-11)15(22)19-9-14-20-21-16(23-14)12-3-1-2-4-13(12)18/h1-8H,9H2,(H,19,22). The number of halogens is 2. The maximum atomic E-state index is 12.0. The van der Waals surface area contributed by atoms with Crippen molar-refractivity contribution >= 4 is 29.1 Å². The van der Waals surface area contributed by atoms with Crippen molar-refractivity contribution in [2.75, 3.05) is 0 Å². The zero-order valence-corrected chi connectivity index (χ0v) is 13.3. The van der Waals surface area contributed by atoms with Gasteiger partial charge in [-0.25, -0.2) is 0 Å².